The molecule has 0 spiro atoms. The molecule has 2 aliphatic heterocycles. The number of rotatable bonds is 10. The molecular formula is C31H42F2N2O3. The van der Waals surface area contributed by atoms with Crippen molar-refractivity contribution < 1.29 is 23.0 Å². The highest BCUT2D eigenvalue weighted by atomic mass is 19.1. The molecule has 38 heavy (non-hydrogen) atoms. The van der Waals surface area contributed by atoms with E-state index >= 15 is 0 Å². The van der Waals surface area contributed by atoms with E-state index in [2.05, 4.69) is 4.90 Å². The number of halogens is 2. The zero-order chi connectivity index (χ0) is 27.1. The maximum atomic E-state index is 15.0. The van der Waals surface area contributed by atoms with Crippen LogP contribution in [0.5, 0.6) is 5.75 Å². The van der Waals surface area contributed by atoms with Gasteiger partial charge >= 0.3 is 0 Å². The second kappa shape index (κ2) is 13.0. The highest BCUT2D eigenvalue weighted by Gasteiger charge is 2.30. The van der Waals surface area contributed by atoms with Crippen molar-refractivity contribution in [3.8, 4) is 16.9 Å². The lowest BCUT2D eigenvalue weighted by molar-refractivity contribution is 0.0266. The van der Waals surface area contributed by atoms with Gasteiger partial charge in [-0.15, -0.1) is 0 Å². The van der Waals surface area contributed by atoms with Gasteiger partial charge in [-0.1, -0.05) is 32.0 Å². The molecule has 0 aromatic heterocycles. The fourth-order valence-electron chi connectivity index (χ4n) is 5.50. The van der Waals surface area contributed by atoms with Crippen LogP contribution in [0.1, 0.15) is 62.7 Å². The molecule has 5 nitrogen and oxygen atoms in total. The number of methoxy groups -OCH3 is 1. The molecule has 2 saturated heterocycles. The van der Waals surface area contributed by atoms with Crippen molar-refractivity contribution in [2.24, 2.45) is 5.92 Å². The van der Waals surface area contributed by atoms with Crippen LogP contribution in [0, 0.1) is 11.7 Å². The molecular weight excluding hydrogens is 486 g/mol. The number of piperidine rings is 2. The molecule has 208 valence electrons. The van der Waals surface area contributed by atoms with Crippen molar-refractivity contribution >= 4 is 5.91 Å². The van der Waals surface area contributed by atoms with Gasteiger partial charge in [-0.3, -0.25) is 4.79 Å². The van der Waals surface area contributed by atoms with Gasteiger partial charge in [-0.2, -0.15) is 0 Å². The highest BCUT2D eigenvalue weighted by molar-refractivity contribution is 5.95. The van der Waals surface area contributed by atoms with Gasteiger partial charge in [0.2, 0.25) is 0 Å². The minimum atomic E-state index is -1.08. The molecule has 2 heterocycles. The van der Waals surface area contributed by atoms with Crippen molar-refractivity contribution in [1.29, 1.82) is 0 Å². The number of carbonyl (C=O) groups excluding carboxylic acids is 1. The van der Waals surface area contributed by atoms with Crippen LogP contribution in [0.2, 0.25) is 0 Å². The predicted molar refractivity (Wildman–Crippen MR) is 147 cm³/mol. The summed E-state index contributed by atoms with van der Waals surface area (Å²) in [6.07, 6.45) is 4.92. The first-order valence-corrected chi connectivity index (χ1v) is 14.1. The van der Waals surface area contributed by atoms with Crippen LogP contribution in [-0.4, -0.2) is 73.9 Å². The molecule has 2 aromatic rings. The summed E-state index contributed by atoms with van der Waals surface area (Å²) >= 11 is 0. The Morgan fingerprint density at radius 1 is 1.00 bits per heavy atom. The van der Waals surface area contributed by atoms with Crippen molar-refractivity contribution in [3.63, 3.8) is 0 Å². The third-order valence-electron chi connectivity index (χ3n) is 8.35. The van der Waals surface area contributed by atoms with Gasteiger partial charge in [0.15, 0.2) is 0 Å². The number of hydrogen-bond donors (Lipinski definition) is 0. The zero-order valence-electron chi connectivity index (χ0n) is 23.1. The van der Waals surface area contributed by atoms with E-state index in [1.165, 1.54) is 6.07 Å². The maximum Gasteiger partial charge on any atom is 0.256 e. The fourth-order valence-corrected chi connectivity index (χ4v) is 5.50. The SMILES string of the molecule is CCC(F)(CC)CN1CCC(COc2ccc(-c3ccc(C(=O)N4CCCC(OC)C4)c(F)c3)cc2)CC1. The lowest BCUT2D eigenvalue weighted by Gasteiger charge is -2.36. The van der Waals surface area contributed by atoms with Crippen LogP contribution >= 0.6 is 0 Å². The van der Waals surface area contributed by atoms with E-state index in [1.807, 2.05) is 38.1 Å². The van der Waals surface area contributed by atoms with Gasteiger partial charge in [-0.05, 0) is 92.9 Å². The molecule has 0 radical (unpaired) electrons. The Hall–Kier alpha value is -2.51. The van der Waals surface area contributed by atoms with Gasteiger partial charge in [0, 0.05) is 26.7 Å². The number of hydrogen-bond acceptors (Lipinski definition) is 4. The first-order valence-electron chi connectivity index (χ1n) is 14.1. The molecule has 2 aliphatic rings. The summed E-state index contributed by atoms with van der Waals surface area (Å²) in [7, 11) is 1.65. The summed E-state index contributed by atoms with van der Waals surface area (Å²) in [4.78, 5) is 16.8. The molecule has 2 aromatic carbocycles. The molecule has 4 rings (SSSR count). The second-order valence-corrected chi connectivity index (χ2v) is 10.9. The number of ether oxygens (including phenoxy) is 2. The standard InChI is InChI=1S/C31H42F2N2O3/c1-4-31(33,5-2)22-34-17-14-23(15-18-34)21-38-26-11-8-24(9-12-26)25-10-13-28(29(32)19-25)30(36)35-16-6-7-27(20-35)37-3/h8-13,19,23,27H,4-7,14-18,20-22H2,1-3H3. The molecule has 1 unspecified atom stereocenters. The van der Waals surface area contributed by atoms with Crippen LogP contribution in [0.4, 0.5) is 8.78 Å². The minimum Gasteiger partial charge on any atom is -0.493 e. The monoisotopic (exact) mass is 528 g/mol. The van der Waals surface area contributed by atoms with Gasteiger partial charge in [-0.25, -0.2) is 8.78 Å². The Bertz CT molecular complexity index is 1050. The average molecular weight is 529 g/mol. The molecule has 0 aliphatic carbocycles. The van der Waals surface area contributed by atoms with Gasteiger partial charge in [0.1, 0.15) is 17.2 Å². The highest BCUT2D eigenvalue weighted by Crippen LogP contribution is 2.28. The van der Waals surface area contributed by atoms with E-state index in [0.717, 1.165) is 55.6 Å². The lowest BCUT2D eigenvalue weighted by Crippen LogP contribution is -2.44. The van der Waals surface area contributed by atoms with E-state index in [1.54, 1.807) is 24.1 Å². The van der Waals surface area contributed by atoms with Crippen molar-refractivity contribution in [3.05, 3.63) is 53.8 Å². The topological polar surface area (TPSA) is 42.0 Å². The predicted octanol–water partition coefficient (Wildman–Crippen LogP) is 6.36. The Morgan fingerprint density at radius 3 is 2.32 bits per heavy atom. The third-order valence-corrected chi connectivity index (χ3v) is 8.35. The maximum absolute atomic E-state index is 15.0. The van der Waals surface area contributed by atoms with Crippen LogP contribution in [0.15, 0.2) is 42.5 Å². The molecule has 0 bridgehead atoms. The van der Waals surface area contributed by atoms with Crippen LogP contribution in [-0.2, 0) is 4.74 Å². The number of amides is 1. The first-order chi connectivity index (χ1) is 18.3. The second-order valence-electron chi connectivity index (χ2n) is 10.9. The van der Waals surface area contributed by atoms with Crippen molar-refractivity contribution in [2.75, 3.05) is 46.4 Å². The van der Waals surface area contributed by atoms with Crippen LogP contribution < -0.4 is 4.74 Å². The molecule has 0 saturated carbocycles. The summed E-state index contributed by atoms with van der Waals surface area (Å²) in [6, 6.07) is 12.4. The van der Waals surface area contributed by atoms with Gasteiger partial charge < -0.3 is 19.3 Å². The van der Waals surface area contributed by atoms with E-state index in [0.29, 0.717) is 45.0 Å². The first kappa shape index (κ1) is 28.5. The van der Waals surface area contributed by atoms with E-state index < -0.39 is 11.5 Å². The molecule has 7 heteroatoms. The molecule has 2 fully saturated rings. The number of nitrogens with zero attached hydrogens (tertiary/aromatic N) is 2. The summed E-state index contributed by atoms with van der Waals surface area (Å²) in [6.45, 7) is 7.95. The Balaban J connectivity index is 1.28. The smallest absolute Gasteiger partial charge is 0.256 e. The van der Waals surface area contributed by atoms with E-state index in [-0.39, 0.29) is 17.6 Å². The lowest BCUT2D eigenvalue weighted by atomic mass is 9.94. The van der Waals surface area contributed by atoms with Gasteiger partial charge in [0.25, 0.3) is 5.91 Å². The van der Waals surface area contributed by atoms with Crippen LogP contribution in [0.25, 0.3) is 11.1 Å². The Labute approximate surface area is 226 Å². The number of carbonyl (C=O) groups is 1. The summed E-state index contributed by atoms with van der Waals surface area (Å²) in [5, 5.41) is 0. The largest absolute Gasteiger partial charge is 0.493 e. The van der Waals surface area contributed by atoms with Crippen molar-refractivity contribution in [1.82, 2.24) is 9.80 Å². The molecule has 1 atom stereocenters. The zero-order valence-corrected chi connectivity index (χ0v) is 23.1. The van der Waals surface area contributed by atoms with Gasteiger partial charge in [0.05, 0.1) is 18.3 Å². The van der Waals surface area contributed by atoms with E-state index in [4.69, 9.17) is 9.47 Å². The Kier molecular flexibility index (Phi) is 9.77. The third kappa shape index (κ3) is 7.11. The summed E-state index contributed by atoms with van der Waals surface area (Å²) in [5.74, 6) is 0.439. The number of likely N-dealkylation sites (tertiary alicyclic amines) is 2. The van der Waals surface area contributed by atoms with E-state index in [9.17, 15) is 13.6 Å². The summed E-state index contributed by atoms with van der Waals surface area (Å²) in [5.41, 5.74) is 0.598. The molecule has 1 amide bonds. The summed E-state index contributed by atoms with van der Waals surface area (Å²) < 4.78 is 41.1. The number of benzene rings is 2. The minimum absolute atomic E-state index is 0.00632. The van der Waals surface area contributed by atoms with Crippen LogP contribution in [0.3, 0.4) is 0 Å². The Morgan fingerprint density at radius 2 is 1.68 bits per heavy atom. The van der Waals surface area contributed by atoms with Crippen molar-refractivity contribution in [2.45, 2.75) is 64.1 Å². The quantitative estimate of drug-likeness (QED) is 0.360. The average Bonchev–Trinajstić information content (AvgIpc) is 2.96. The molecule has 0 N–H and O–H groups in total. The normalized spacial score (nSPS) is 19.5. The number of alkyl halides is 1. The fraction of sp³-hybridized carbons (Fsp3) is 0.581.